The van der Waals surface area contributed by atoms with Gasteiger partial charge >= 0.3 is 0 Å². The number of hydrogen-bond donors (Lipinski definition) is 2. The Bertz CT molecular complexity index is 1000. The van der Waals surface area contributed by atoms with E-state index in [9.17, 15) is 18.0 Å². The molecule has 1 aliphatic rings. The molecule has 2 aromatic carbocycles. The van der Waals surface area contributed by atoms with Crippen LogP contribution in [0.3, 0.4) is 0 Å². The summed E-state index contributed by atoms with van der Waals surface area (Å²) in [6.45, 7) is 3.70. The highest BCUT2D eigenvalue weighted by Gasteiger charge is 2.25. The van der Waals surface area contributed by atoms with Crippen LogP contribution in [-0.4, -0.2) is 31.2 Å². The summed E-state index contributed by atoms with van der Waals surface area (Å²) < 4.78 is 25.2. The van der Waals surface area contributed by atoms with Crippen molar-refractivity contribution in [2.75, 3.05) is 16.4 Å². The van der Waals surface area contributed by atoms with E-state index in [0.717, 1.165) is 10.5 Å². The molecule has 27 heavy (non-hydrogen) atoms. The lowest BCUT2D eigenvalue weighted by atomic mass is 10.2. The molecule has 0 spiro atoms. The van der Waals surface area contributed by atoms with E-state index in [-0.39, 0.29) is 34.1 Å². The van der Waals surface area contributed by atoms with Crippen LogP contribution in [0.2, 0.25) is 0 Å². The third-order valence-corrected chi connectivity index (χ3v) is 7.03. The smallest absolute Gasteiger partial charge is 0.237 e. The fraction of sp³-hybridized carbons (Fsp3) is 0.263. The second kappa shape index (κ2) is 7.74. The Morgan fingerprint density at radius 2 is 2.00 bits per heavy atom. The molecule has 0 saturated heterocycles. The van der Waals surface area contributed by atoms with E-state index in [1.54, 1.807) is 19.1 Å². The van der Waals surface area contributed by atoms with Gasteiger partial charge in [-0.25, -0.2) is 8.42 Å². The number of amides is 2. The minimum atomic E-state index is -3.64. The van der Waals surface area contributed by atoms with Gasteiger partial charge in [-0.1, -0.05) is 12.1 Å². The van der Waals surface area contributed by atoms with Gasteiger partial charge in [0.2, 0.25) is 11.8 Å². The van der Waals surface area contributed by atoms with Crippen molar-refractivity contribution in [1.82, 2.24) is 0 Å². The van der Waals surface area contributed by atoms with E-state index < -0.39 is 9.84 Å². The first kappa shape index (κ1) is 19.4. The molecule has 1 aliphatic heterocycles. The highest BCUT2D eigenvalue weighted by atomic mass is 32.2. The van der Waals surface area contributed by atoms with Crippen LogP contribution >= 0.6 is 11.8 Å². The van der Waals surface area contributed by atoms with E-state index in [0.29, 0.717) is 11.4 Å². The zero-order chi connectivity index (χ0) is 19.6. The van der Waals surface area contributed by atoms with Crippen LogP contribution in [0.15, 0.2) is 52.3 Å². The standard InChI is InChI=1S/C19H20N2O4S2/c1-12-4-3-5-14(10-12)20-18(22)8-9-27(24,25)15-6-7-17-16(11-15)21-19(23)13(2)26-17/h3-7,10-11,13H,8-9H2,1-2H3,(H,20,22)(H,21,23)/t13-/m0/s1. The SMILES string of the molecule is Cc1cccc(NC(=O)CCS(=O)(=O)c2ccc3c(c2)NC(=O)[C@H](C)S3)c1. The maximum Gasteiger partial charge on any atom is 0.237 e. The summed E-state index contributed by atoms with van der Waals surface area (Å²) in [7, 11) is -3.64. The number of aryl methyl sites for hydroxylation is 1. The second-order valence-corrected chi connectivity index (χ2v) is 9.89. The molecule has 1 heterocycles. The number of thioether (sulfide) groups is 1. The lowest BCUT2D eigenvalue weighted by Crippen LogP contribution is -2.26. The molecule has 0 aromatic heterocycles. The number of carbonyl (C=O) groups is 2. The van der Waals surface area contributed by atoms with Crippen LogP contribution < -0.4 is 10.6 Å². The molecule has 0 saturated carbocycles. The van der Waals surface area contributed by atoms with E-state index in [1.807, 2.05) is 25.1 Å². The first-order valence-electron chi connectivity index (χ1n) is 8.45. The minimum absolute atomic E-state index is 0.0973. The van der Waals surface area contributed by atoms with Gasteiger partial charge in [-0.15, -0.1) is 11.8 Å². The van der Waals surface area contributed by atoms with E-state index in [1.165, 1.54) is 23.9 Å². The molecule has 0 fully saturated rings. The van der Waals surface area contributed by atoms with Crippen LogP contribution in [-0.2, 0) is 19.4 Å². The molecule has 1 atom stereocenters. The summed E-state index contributed by atoms with van der Waals surface area (Å²) in [5.41, 5.74) is 2.14. The zero-order valence-corrected chi connectivity index (χ0v) is 16.6. The van der Waals surface area contributed by atoms with Crippen molar-refractivity contribution >= 4 is 44.8 Å². The van der Waals surface area contributed by atoms with Crippen molar-refractivity contribution in [3.63, 3.8) is 0 Å². The number of rotatable bonds is 5. The van der Waals surface area contributed by atoms with Crippen LogP contribution in [0.5, 0.6) is 0 Å². The molecule has 0 aliphatic carbocycles. The predicted octanol–water partition coefficient (Wildman–Crippen LogP) is 3.23. The highest BCUT2D eigenvalue weighted by Crippen LogP contribution is 2.36. The molecule has 3 rings (SSSR count). The van der Waals surface area contributed by atoms with Gasteiger partial charge in [-0.2, -0.15) is 0 Å². The van der Waals surface area contributed by atoms with Gasteiger partial charge in [-0.05, 0) is 49.7 Å². The van der Waals surface area contributed by atoms with E-state index in [4.69, 9.17) is 0 Å². The first-order chi connectivity index (χ1) is 12.7. The average molecular weight is 405 g/mol. The molecule has 6 nitrogen and oxygen atoms in total. The number of carbonyl (C=O) groups excluding carboxylic acids is 2. The summed E-state index contributed by atoms with van der Waals surface area (Å²) >= 11 is 1.39. The van der Waals surface area contributed by atoms with E-state index >= 15 is 0 Å². The number of nitrogens with one attached hydrogen (secondary N) is 2. The van der Waals surface area contributed by atoms with Gasteiger partial charge in [0.25, 0.3) is 0 Å². The van der Waals surface area contributed by atoms with Crippen molar-refractivity contribution in [1.29, 1.82) is 0 Å². The second-order valence-electron chi connectivity index (χ2n) is 6.39. The molecular weight excluding hydrogens is 384 g/mol. The van der Waals surface area contributed by atoms with Gasteiger partial charge in [-0.3, -0.25) is 9.59 Å². The molecule has 142 valence electrons. The molecular formula is C19H20N2O4S2. The van der Waals surface area contributed by atoms with Gasteiger partial charge in [0.15, 0.2) is 9.84 Å². The lowest BCUT2D eigenvalue weighted by Gasteiger charge is -2.21. The molecule has 8 heteroatoms. The number of benzene rings is 2. The lowest BCUT2D eigenvalue weighted by molar-refractivity contribution is -0.116. The minimum Gasteiger partial charge on any atom is -0.326 e. The topological polar surface area (TPSA) is 92.3 Å². The zero-order valence-electron chi connectivity index (χ0n) is 15.0. The van der Waals surface area contributed by atoms with Crippen LogP contribution in [0.1, 0.15) is 18.9 Å². The van der Waals surface area contributed by atoms with Crippen LogP contribution in [0.4, 0.5) is 11.4 Å². The third kappa shape index (κ3) is 4.70. The van der Waals surface area contributed by atoms with Gasteiger partial charge < -0.3 is 10.6 Å². The Balaban J connectivity index is 1.67. The predicted molar refractivity (Wildman–Crippen MR) is 107 cm³/mol. The maximum atomic E-state index is 12.6. The van der Waals surface area contributed by atoms with Crippen molar-refractivity contribution < 1.29 is 18.0 Å². The molecule has 2 N–H and O–H groups in total. The van der Waals surface area contributed by atoms with Gasteiger partial charge in [0.1, 0.15) is 0 Å². The summed E-state index contributed by atoms with van der Waals surface area (Å²) in [6.07, 6.45) is -0.147. The van der Waals surface area contributed by atoms with Crippen LogP contribution in [0.25, 0.3) is 0 Å². The maximum absolute atomic E-state index is 12.6. The Hall–Kier alpha value is -2.32. The average Bonchev–Trinajstić information content (AvgIpc) is 2.61. The molecule has 2 aromatic rings. The molecule has 0 unspecified atom stereocenters. The molecule has 0 bridgehead atoms. The fourth-order valence-corrected chi connectivity index (χ4v) is 4.87. The largest absolute Gasteiger partial charge is 0.326 e. The first-order valence-corrected chi connectivity index (χ1v) is 11.0. The summed E-state index contributed by atoms with van der Waals surface area (Å²) in [4.78, 5) is 24.8. The number of anilines is 2. The monoisotopic (exact) mass is 404 g/mol. The normalized spacial score (nSPS) is 16.4. The molecule has 2 amide bonds. The fourth-order valence-electron chi connectivity index (χ4n) is 2.67. The quantitative estimate of drug-likeness (QED) is 0.798. The van der Waals surface area contributed by atoms with E-state index in [2.05, 4.69) is 10.6 Å². The van der Waals surface area contributed by atoms with Crippen molar-refractivity contribution in [2.45, 2.75) is 35.3 Å². The van der Waals surface area contributed by atoms with Gasteiger partial charge in [0.05, 0.1) is 21.6 Å². The number of sulfone groups is 1. The third-order valence-electron chi connectivity index (χ3n) is 4.14. The molecule has 0 radical (unpaired) electrons. The Labute approximate surface area is 162 Å². The van der Waals surface area contributed by atoms with Gasteiger partial charge in [0, 0.05) is 17.0 Å². The number of fused-ring (bicyclic) bond motifs is 1. The Kier molecular flexibility index (Phi) is 5.57. The van der Waals surface area contributed by atoms with Crippen molar-refractivity contribution in [3.05, 3.63) is 48.0 Å². The Morgan fingerprint density at radius 1 is 1.22 bits per heavy atom. The summed E-state index contributed by atoms with van der Waals surface area (Å²) in [5, 5.41) is 5.21. The highest BCUT2D eigenvalue weighted by molar-refractivity contribution is 8.01. The summed E-state index contributed by atoms with van der Waals surface area (Å²) in [6, 6.07) is 12.0. The van der Waals surface area contributed by atoms with Crippen LogP contribution in [0, 0.1) is 6.92 Å². The number of hydrogen-bond acceptors (Lipinski definition) is 5. The van der Waals surface area contributed by atoms with Crippen molar-refractivity contribution in [2.24, 2.45) is 0 Å². The Morgan fingerprint density at radius 3 is 2.74 bits per heavy atom. The van der Waals surface area contributed by atoms with Crippen molar-refractivity contribution in [3.8, 4) is 0 Å². The summed E-state index contributed by atoms with van der Waals surface area (Å²) in [5.74, 6) is -0.819.